The first-order valence-electron chi connectivity index (χ1n) is 7.93. The zero-order valence-electron chi connectivity index (χ0n) is 12.9. The number of rotatable bonds is 5. The molecule has 1 aromatic heterocycles. The molecule has 2 atom stereocenters. The maximum absolute atomic E-state index is 12.5. The summed E-state index contributed by atoms with van der Waals surface area (Å²) in [5.41, 5.74) is 1.93. The molecular weight excluding hydrogens is 290 g/mol. The first-order chi connectivity index (χ1) is 11.2. The van der Waals surface area contributed by atoms with Crippen LogP contribution in [0.4, 0.5) is 0 Å². The number of aromatic nitrogens is 1. The van der Waals surface area contributed by atoms with E-state index in [0.717, 1.165) is 22.7 Å². The average Bonchev–Trinajstić information content (AvgIpc) is 3.02. The second-order valence-electron chi connectivity index (χ2n) is 5.80. The van der Waals surface area contributed by atoms with Crippen LogP contribution in [-0.4, -0.2) is 28.5 Å². The van der Waals surface area contributed by atoms with E-state index in [1.54, 1.807) is 6.20 Å². The summed E-state index contributed by atoms with van der Waals surface area (Å²) in [7, 11) is 0. The normalized spacial score (nSPS) is 19.4. The van der Waals surface area contributed by atoms with Crippen molar-refractivity contribution in [2.45, 2.75) is 31.3 Å². The number of amides is 1. The highest BCUT2D eigenvalue weighted by Gasteiger charge is 2.27. The fourth-order valence-electron chi connectivity index (χ4n) is 2.94. The maximum Gasteiger partial charge on any atom is 0.236 e. The van der Waals surface area contributed by atoms with Crippen LogP contribution < -0.4 is 5.32 Å². The van der Waals surface area contributed by atoms with Gasteiger partial charge in [0, 0.05) is 18.3 Å². The van der Waals surface area contributed by atoms with Gasteiger partial charge in [0.05, 0.1) is 12.1 Å². The summed E-state index contributed by atoms with van der Waals surface area (Å²) >= 11 is 0. The van der Waals surface area contributed by atoms with Crippen LogP contribution in [0.15, 0.2) is 54.7 Å². The van der Waals surface area contributed by atoms with Crippen LogP contribution in [0.2, 0.25) is 0 Å². The molecule has 1 aromatic carbocycles. The van der Waals surface area contributed by atoms with Crippen molar-refractivity contribution in [2.75, 3.05) is 6.54 Å². The van der Waals surface area contributed by atoms with Gasteiger partial charge in [0.25, 0.3) is 0 Å². The van der Waals surface area contributed by atoms with Crippen molar-refractivity contribution in [3.8, 4) is 0 Å². The average molecular weight is 310 g/mol. The van der Waals surface area contributed by atoms with Gasteiger partial charge in [-0.1, -0.05) is 36.4 Å². The monoisotopic (exact) mass is 310 g/mol. The van der Waals surface area contributed by atoms with Crippen LogP contribution in [0, 0.1) is 5.21 Å². The summed E-state index contributed by atoms with van der Waals surface area (Å²) in [6, 6.07) is 14.8. The van der Waals surface area contributed by atoms with E-state index in [1.807, 2.05) is 48.5 Å². The smallest absolute Gasteiger partial charge is 0.236 e. The van der Waals surface area contributed by atoms with Gasteiger partial charge in [0.15, 0.2) is 0 Å². The van der Waals surface area contributed by atoms with Gasteiger partial charge < -0.3 is 15.6 Å². The number of nitrogens with zero attached hydrogens (tertiary/aromatic N) is 2. The Morgan fingerprint density at radius 2 is 2.04 bits per heavy atom. The van der Waals surface area contributed by atoms with E-state index in [-0.39, 0.29) is 11.9 Å². The Labute approximate surface area is 135 Å². The molecule has 1 aliphatic rings. The molecule has 0 spiro atoms. The van der Waals surface area contributed by atoms with Gasteiger partial charge in [-0.15, -0.1) is 0 Å². The van der Waals surface area contributed by atoms with Crippen molar-refractivity contribution in [3.63, 3.8) is 0 Å². The SMILES string of the molecule is O=C(N[C@@H](Cc1ccccn1)c1ccccc1)[C@@H]1CCCN1[O-]. The molecule has 2 aromatic rings. The van der Waals surface area contributed by atoms with Gasteiger partial charge in [-0.05, 0) is 37.1 Å². The number of hydroxylamine groups is 2. The number of hydrogen-bond donors (Lipinski definition) is 1. The fraction of sp³-hybridized carbons (Fsp3) is 0.333. The second-order valence-corrected chi connectivity index (χ2v) is 5.80. The molecule has 0 radical (unpaired) electrons. The second kappa shape index (κ2) is 7.35. The van der Waals surface area contributed by atoms with Gasteiger partial charge in [0.1, 0.15) is 0 Å². The van der Waals surface area contributed by atoms with E-state index in [2.05, 4.69) is 10.3 Å². The van der Waals surface area contributed by atoms with Gasteiger partial charge in [-0.2, -0.15) is 0 Å². The van der Waals surface area contributed by atoms with Gasteiger partial charge in [-0.3, -0.25) is 9.78 Å². The Balaban J connectivity index is 1.76. The molecule has 2 heterocycles. The molecule has 23 heavy (non-hydrogen) atoms. The lowest BCUT2D eigenvalue weighted by molar-refractivity contribution is -0.125. The van der Waals surface area contributed by atoms with Gasteiger partial charge in [-0.25, -0.2) is 0 Å². The topological polar surface area (TPSA) is 68.3 Å². The zero-order chi connectivity index (χ0) is 16.1. The molecule has 3 rings (SSSR count). The largest absolute Gasteiger partial charge is 0.785 e. The molecule has 0 saturated carbocycles. The molecule has 5 heteroatoms. The Morgan fingerprint density at radius 3 is 2.70 bits per heavy atom. The van der Waals surface area contributed by atoms with E-state index in [9.17, 15) is 10.0 Å². The molecule has 5 nitrogen and oxygen atoms in total. The number of nitrogens with one attached hydrogen (secondary N) is 1. The minimum absolute atomic E-state index is 0.187. The zero-order valence-corrected chi connectivity index (χ0v) is 12.9. The van der Waals surface area contributed by atoms with Crippen molar-refractivity contribution in [1.29, 1.82) is 0 Å². The third-order valence-corrected chi connectivity index (χ3v) is 4.16. The molecule has 1 amide bonds. The first kappa shape index (κ1) is 15.6. The summed E-state index contributed by atoms with van der Waals surface area (Å²) in [5.74, 6) is -0.192. The molecular formula is C18H20N3O2-. The number of benzene rings is 1. The van der Waals surface area contributed by atoms with Crippen LogP contribution in [-0.2, 0) is 11.2 Å². The molecule has 0 aliphatic carbocycles. The number of carbonyl (C=O) groups is 1. The van der Waals surface area contributed by atoms with Crippen molar-refractivity contribution in [3.05, 3.63) is 71.2 Å². The van der Waals surface area contributed by atoms with Crippen LogP contribution in [0.25, 0.3) is 0 Å². The van der Waals surface area contributed by atoms with E-state index < -0.39 is 6.04 Å². The third-order valence-electron chi connectivity index (χ3n) is 4.16. The van der Waals surface area contributed by atoms with Crippen LogP contribution in [0.1, 0.15) is 30.1 Å². The van der Waals surface area contributed by atoms with E-state index >= 15 is 0 Å². The van der Waals surface area contributed by atoms with Crippen LogP contribution >= 0.6 is 0 Å². The summed E-state index contributed by atoms with van der Waals surface area (Å²) in [4.78, 5) is 16.8. The van der Waals surface area contributed by atoms with Crippen LogP contribution in [0.3, 0.4) is 0 Å². The highest BCUT2D eigenvalue weighted by Crippen LogP contribution is 2.20. The highest BCUT2D eigenvalue weighted by atomic mass is 16.5. The van der Waals surface area contributed by atoms with Crippen molar-refractivity contribution >= 4 is 5.91 Å². The van der Waals surface area contributed by atoms with Crippen molar-refractivity contribution < 1.29 is 4.79 Å². The lowest BCUT2D eigenvalue weighted by Crippen LogP contribution is -2.42. The Hall–Kier alpha value is -2.24. The van der Waals surface area contributed by atoms with E-state index in [0.29, 0.717) is 19.4 Å². The van der Waals surface area contributed by atoms with Crippen molar-refractivity contribution in [2.24, 2.45) is 0 Å². The Kier molecular flexibility index (Phi) is 5.00. The third kappa shape index (κ3) is 3.94. The van der Waals surface area contributed by atoms with E-state index in [1.165, 1.54) is 0 Å². The number of hydrogen-bond acceptors (Lipinski definition) is 4. The Morgan fingerprint density at radius 1 is 1.26 bits per heavy atom. The van der Waals surface area contributed by atoms with Crippen LogP contribution in [0.5, 0.6) is 0 Å². The summed E-state index contributed by atoms with van der Waals surface area (Å²) < 4.78 is 0. The predicted molar refractivity (Wildman–Crippen MR) is 88.4 cm³/mol. The molecule has 1 saturated heterocycles. The predicted octanol–water partition coefficient (Wildman–Crippen LogP) is 2.44. The standard InChI is InChI=1S/C18H20N3O2/c22-18(17-10-6-12-21(17)23)20-16(14-7-2-1-3-8-14)13-15-9-4-5-11-19-15/h1-5,7-9,11,16-17H,6,10,12-13H2,(H,20,22)/q-1/t16-,17-/m0/s1. The summed E-state index contributed by atoms with van der Waals surface area (Å²) in [6.07, 6.45) is 3.75. The fourth-order valence-corrected chi connectivity index (χ4v) is 2.94. The molecule has 120 valence electrons. The molecule has 0 unspecified atom stereocenters. The molecule has 0 bridgehead atoms. The number of pyridine rings is 1. The minimum atomic E-state index is -0.565. The van der Waals surface area contributed by atoms with Gasteiger partial charge in [0.2, 0.25) is 5.91 Å². The number of carbonyl (C=O) groups excluding carboxylic acids is 1. The molecule has 1 fully saturated rings. The lowest BCUT2D eigenvalue weighted by atomic mass is 10.0. The summed E-state index contributed by atoms with van der Waals surface area (Å²) in [5, 5.41) is 15.7. The highest BCUT2D eigenvalue weighted by molar-refractivity contribution is 5.82. The van der Waals surface area contributed by atoms with E-state index in [4.69, 9.17) is 0 Å². The summed E-state index contributed by atoms with van der Waals surface area (Å²) in [6.45, 7) is 0.439. The van der Waals surface area contributed by atoms with Gasteiger partial charge >= 0.3 is 0 Å². The first-order valence-corrected chi connectivity index (χ1v) is 7.93. The quantitative estimate of drug-likeness (QED) is 0.921. The maximum atomic E-state index is 12.5. The minimum Gasteiger partial charge on any atom is -0.785 e. The Bertz CT molecular complexity index is 633. The molecule has 1 aliphatic heterocycles. The lowest BCUT2D eigenvalue weighted by Gasteiger charge is -2.30. The van der Waals surface area contributed by atoms with Crippen molar-refractivity contribution in [1.82, 2.24) is 15.4 Å². The molecule has 1 N–H and O–H groups in total.